The number of pyridine rings is 1. The third-order valence-electron chi connectivity index (χ3n) is 5.96. The third kappa shape index (κ3) is 6.84. The molecule has 0 saturated carbocycles. The molecule has 1 amide bonds. The molecule has 214 valence electrons. The summed E-state index contributed by atoms with van der Waals surface area (Å²) in [7, 11) is -4.43. The highest BCUT2D eigenvalue weighted by atomic mass is 32.2. The van der Waals surface area contributed by atoms with Crippen LogP contribution in [0.3, 0.4) is 0 Å². The van der Waals surface area contributed by atoms with Gasteiger partial charge in [-0.15, -0.1) is 0 Å². The molecule has 0 radical (unpaired) electrons. The molecule has 1 heterocycles. The molecule has 0 aliphatic heterocycles. The molecule has 0 saturated heterocycles. The lowest BCUT2D eigenvalue weighted by atomic mass is 10.0. The zero-order valence-electron chi connectivity index (χ0n) is 22.6. The summed E-state index contributed by atoms with van der Waals surface area (Å²) in [4.78, 5) is 28.7. The van der Waals surface area contributed by atoms with Gasteiger partial charge in [0, 0.05) is 17.3 Å². The van der Waals surface area contributed by atoms with Crippen molar-refractivity contribution in [3.8, 4) is 11.5 Å². The number of carboxylic acids is 1. The van der Waals surface area contributed by atoms with E-state index < -0.39 is 27.9 Å². The van der Waals surface area contributed by atoms with E-state index in [4.69, 9.17) is 15.2 Å². The summed E-state index contributed by atoms with van der Waals surface area (Å²) in [6.45, 7) is 5.87. The molecule has 3 aromatic carbocycles. The molecule has 11 nitrogen and oxygen atoms in total. The maximum atomic E-state index is 13.6. The summed E-state index contributed by atoms with van der Waals surface area (Å²) in [6, 6.07) is 15.4. The van der Waals surface area contributed by atoms with Crippen LogP contribution in [0, 0.1) is 0 Å². The van der Waals surface area contributed by atoms with Crippen LogP contribution in [-0.4, -0.2) is 43.1 Å². The van der Waals surface area contributed by atoms with Crippen molar-refractivity contribution >= 4 is 44.2 Å². The third-order valence-corrected chi connectivity index (χ3v) is 7.30. The maximum absolute atomic E-state index is 13.6. The van der Waals surface area contributed by atoms with Crippen LogP contribution in [0.4, 0.5) is 11.5 Å². The Morgan fingerprint density at radius 3 is 2.51 bits per heavy atom. The summed E-state index contributed by atoms with van der Waals surface area (Å²) in [6.07, 6.45) is 1.43. The van der Waals surface area contributed by atoms with Crippen LogP contribution in [-0.2, 0) is 14.8 Å². The molecule has 0 fully saturated rings. The number of rotatable bonds is 11. The van der Waals surface area contributed by atoms with Crippen LogP contribution in [0.5, 0.6) is 11.5 Å². The number of ether oxygens (including phenoxy) is 2. The van der Waals surface area contributed by atoms with Crippen LogP contribution < -0.4 is 25.2 Å². The first-order valence-electron chi connectivity index (χ1n) is 12.7. The summed E-state index contributed by atoms with van der Waals surface area (Å²) < 4.78 is 40.0. The highest BCUT2D eigenvalue weighted by Gasteiger charge is 2.28. The normalized spacial score (nSPS) is 12.1. The lowest BCUT2D eigenvalue weighted by molar-refractivity contribution is -0.120. The second-order valence-corrected chi connectivity index (χ2v) is 11.0. The van der Waals surface area contributed by atoms with Crippen LogP contribution >= 0.6 is 0 Å². The number of carbonyl (C=O) groups excluding carboxylic acids is 1. The van der Waals surface area contributed by atoms with Crippen molar-refractivity contribution in [1.82, 2.24) is 9.71 Å². The Kier molecular flexibility index (Phi) is 8.62. The second kappa shape index (κ2) is 12.1. The van der Waals surface area contributed by atoms with E-state index in [2.05, 4.69) is 15.0 Å². The minimum atomic E-state index is -4.43. The fourth-order valence-electron chi connectivity index (χ4n) is 4.13. The number of hydrogen-bond donors (Lipinski definition) is 4. The number of nitrogens with one attached hydrogen (secondary N) is 2. The van der Waals surface area contributed by atoms with E-state index in [1.54, 1.807) is 48.7 Å². The molecular formula is C29H30N4O7S. The van der Waals surface area contributed by atoms with Gasteiger partial charge in [0.15, 0.2) is 11.5 Å². The lowest BCUT2D eigenvalue weighted by Gasteiger charge is -2.22. The number of carboxylic acid groups (broad SMARTS) is 1. The van der Waals surface area contributed by atoms with Crippen LogP contribution in [0.25, 0.3) is 10.8 Å². The minimum absolute atomic E-state index is 0.136. The van der Waals surface area contributed by atoms with Gasteiger partial charge in [-0.3, -0.25) is 4.79 Å². The Bertz CT molecular complexity index is 1710. The largest absolute Gasteiger partial charge is 0.490 e. The maximum Gasteiger partial charge on any atom is 0.335 e. The van der Waals surface area contributed by atoms with Crippen LogP contribution in [0.1, 0.15) is 42.7 Å². The van der Waals surface area contributed by atoms with Crippen molar-refractivity contribution in [3.63, 3.8) is 0 Å². The first-order chi connectivity index (χ1) is 19.5. The van der Waals surface area contributed by atoms with Crippen molar-refractivity contribution < 1.29 is 32.6 Å². The molecule has 1 unspecified atom stereocenters. The number of benzene rings is 3. The highest BCUT2D eigenvalue weighted by Crippen LogP contribution is 2.33. The minimum Gasteiger partial charge on any atom is -0.490 e. The van der Waals surface area contributed by atoms with Gasteiger partial charge in [-0.05, 0) is 86.3 Å². The van der Waals surface area contributed by atoms with Crippen molar-refractivity contribution in [1.29, 1.82) is 0 Å². The van der Waals surface area contributed by atoms with Gasteiger partial charge in [0.1, 0.15) is 11.9 Å². The fourth-order valence-corrected chi connectivity index (χ4v) is 5.17. The molecule has 4 aromatic rings. The molecule has 1 atom stereocenters. The molecule has 12 heteroatoms. The smallest absolute Gasteiger partial charge is 0.335 e. The topological polar surface area (TPSA) is 170 Å². The van der Waals surface area contributed by atoms with Crippen LogP contribution in [0.15, 0.2) is 77.8 Å². The number of nitrogen functional groups attached to an aromatic ring is 1. The zero-order valence-corrected chi connectivity index (χ0v) is 23.4. The van der Waals surface area contributed by atoms with Gasteiger partial charge in [0.05, 0.1) is 23.2 Å². The molecule has 0 aliphatic rings. The Morgan fingerprint density at radius 2 is 1.80 bits per heavy atom. The summed E-state index contributed by atoms with van der Waals surface area (Å²) in [5.74, 6) is -1.00. The monoisotopic (exact) mass is 578 g/mol. The van der Waals surface area contributed by atoms with Gasteiger partial charge in [0.25, 0.3) is 15.9 Å². The summed E-state index contributed by atoms with van der Waals surface area (Å²) >= 11 is 0. The molecule has 1 aromatic heterocycles. The zero-order chi connectivity index (χ0) is 29.7. The van der Waals surface area contributed by atoms with Crippen LogP contribution in [0.2, 0.25) is 0 Å². The number of nitrogens with zero attached hydrogens (tertiary/aromatic N) is 1. The Labute approximate surface area is 237 Å². The molecule has 41 heavy (non-hydrogen) atoms. The van der Waals surface area contributed by atoms with Crippen molar-refractivity contribution in [3.05, 3.63) is 84.1 Å². The molecule has 4 rings (SSSR count). The number of fused-ring (bicyclic) bond motifs is 1. The van der Waals surface area contributed by atoms with Gasteiger partial charge in [-0.2, -0.15) is 0 Å². The number of amides is 1. The number of sulfonamides is 1. The quantitative estimate of drug-likeness (QED) is 0.200. The van der Waals surface area contributed by atoms with E-state index in [0.29, 0.717) is 40.6 Å². The predicted octanol–water partition coefficient (Wildman–Crippen LogP) is 4.36. The molecular weight excluding hydrogens is 548 g/mol. The van der Waals surface area contributed by atoms with Gasteiger partial charge in [-0.25, -0.2) is 22.9 Å². The number of aromatic nitrogens is 1. The standard InChI is InChI=1S/C29H30N4O7S/c1-4-39-25-16-19(8-11-24(25)40-17(2)3)26(32-21-9-10-23-18(14-21)12-13-31-27(23)30)28(34)33-41(37,38)22-7-5-6-20(15-22)29(35)36/h5-17,26,32H,4H2,1-3H3,(H2,30,31)(H,33,34)(H,35,36). The predicted molar refractivity (Wildman–Crippen MR) is 155 cm³/mol. The molecule has 5 N–H and O–H groups in total. The Morgan fingerprint density at radius 1 is 1.02 bits per heavy atom. The van der Waals surface area contributed by atoms with E-state index in [0.717, 1.165) is 11.5 Å². The Balaban J connectivity index is 1.75. The summed E-state index contributed by atoms with van der Waals surface area (Å²) in [5.41, 5.74) is 6.64. The lowest BCUT2D eigenvalue weighted by Crippen LogP contribution is -2.37. The summed E-state index contributed by atoms with van der Waals surface area (Å²) in [5, 5.41) is 13.9. The number of nitrogens with two attached hydrogens (primary N) is 1. The SMILES string of the molecule is CCOc1cc(C(Nc2ccc3c(N)nccc3c2)C(=O)NS(=O)(=O)c2cccc(C(=O)O)c2)ccc1OC(C)C. The van der Waals surface area contributed by atoms with Gasteiger partial charge < -0.3 is 25.6 Å². The second-order valence-electron chi connectivity index (χ2n) is 9.32. The fraction of sp³-hybridized carbons (Fsp3) is 0.207. The van der Waals surface area contributed by atoms with Gasteiger partial charge in [-0.1, -0.05) is 12.1 Å². The van der Waals surface area contributed by atoms with E-state index in [1.807, 2.05) is 20.8 Å². The molecule has 0 spiro atoms. The van der Waals surface area contributed by atoms with Crippen molar-refractivity contribution in [2.75, 3.05) is 17.7 Å². The number of anilines is 2. The van der Waals surface area contributed by atoms with E-state index >= 15 is 0 Å². The van der Waals surface area contributed by atoms with Crippen molar-refractivity contribution in [2.45, 2.75) is 37.8 Å². The Hall–Kier alpha value is -4.84. The van der Waals surface area contributed by atoms with E-state index in [-0.39, 0.29) is 16.6 Å². The number of hydrogen-bond acceptors (Lipinski definition) is 9. The molecule has 0 bridgehead atoms. The first kappa shape index (κ1) is 29.2. The van der Waals surface area contributed by atoms with Gasteiger partial charge in [0.2, 0.25) is 0 Å². The number of carbonyl (C=O) groups is 2. The number of aromatic carboxylic acids is 1. The first-order valence-corrected chi connectivity index (χ1v) is 14.2. The highest BCUT2D eigenvalue weighted by molar-refractivity contribution is 7.90. The van der Waals surface area contributed by atoms with Crippen molar-refractivity contribution in [2.24, 2.45) is 0 Å². The average molecular weight is 579 g/mol. The average Bonchev–Trinajstić information content (AvgIpc) is 2.92. The van der Waals surface area contributed by atoms with E-state index in [1.165, 1.54) is 18.2 Å². The van der Waals surface area contributed by atoms with E-state index in [9.17, 15) is 23.1 Å². The van der Waals surface area contributed by atoms with Gasteiger partial charge >= 0.3 is 5.97 Å². The molecule has 0 aliphatic carbocycles.